The number of para-hydroxylation sites is 1. The lowest BCUT2D eigenvalue weighted by molar-refractivity contribution is -0.123. The molecule has 0 atom stereocenters. The topological polar surface area (TPSA) is 71.6 Å². The van der Waals surface area contributed by atoms with Crippen molar-refractivity contribution in [3.63, 3.8) is 0 Å². The zero-order valence-electron chi connectivity index (χ0n) is 17.4. The van der Waals surface area contributed by atoms with Crippen LogP contribution in [0.2, 0.25) is 0 Å². The first-order chi connectivity index (χ1) is 15.2. The first-order valence-electron chi connectivity index (χ1n) is 10.1. The minimum Gasteiger partial charge on any atom is -0.490 e. The normalized spacial score (nSPS) is 10.4. The van der Waals surface area contributed by atoms with Gasteiger partial charge in [0.05, 0.1) is 6.61 Å². The molecule has 1 amide bonds. The largest absolute Gasteiger partial charge is 0.490 e. The molecule has 0 aliphatic heterocycles. The maximum absolute atomic E-state index is 12.2. The fourth-order valence-electron chi connectivity index (χ4n) is 2.85. The summed E-state index contributed by atoms with van der Waals surface area (Å²) in [5.41, 5.74) is 9.35. The van der Waals surface area contributed by atoms with Gasteiger partial charge in [0.15, 0.2) is 18.1 Å². The molecule has 0 heterocycles. The second kappa shape index (κ2) is 12.0. The van der Waals surface area contributed by atoms with Crippen LogP contribution in [0.3, 0.4) is 0 Å². The molecule has 0 spiro atoms. The van der Waals surface area contributed by atoms with Gasteiger partial charge in [-0.25, -0.2) is 5.43 Å². The van der Waals surface area contributed by atoms with Crippen LogP contribution in [0.15, 0.2) is 77.3 Å². The number of anilines is 1. The Morgan fingerprint density at radius 2 is 1.58 bits per heavy atom. The number of carbonyl (C=O) groups is 1. The van der Waals surface area contributed by atoms with Crippen molar-refractivity contribution in [2.75, 3.05) is 18.6 Å². The van der Waals surface area contributed by atoms with E-state index >= 15 is 0 Å². The highest BCUT2D eigenvalue weighted by molar-refractivity contribution is 9.10. The van der Waals surface area contributed by atoms with Crippen molar-refractivity contribution >= 4 is 27.5 Å². The monoisotopic (exact) mass is 483 g/mol. The molecular weight excluding hydrogens is 458 g/mol. The third kappa shape index (κ3) is 7.31. The number of hydrogen-bond acceptors (Lipinski definition) is 5. The summed E-state index contributed by atoms with van der Waals surface area (Å²) in [7, 11) is 0. The van der Waals surface area contributed by atoms with Crippen molar-refractivity contribution in [3.8, 4) is 11.5 Å². The SMILES string of the molecule is CCOc1cc(CNNc2ccccc2)c(Br)cc1OCC(=O)NCc1ccccc1. The Balaban J connectivity index is 1.56. The van der Waals surface area contributed by atoms with Crippen LogP contribution in [0.4, 0.5) is 5.69 Å². The Morgan fingerprint density at radius 3 is 2.29 bits per heavy atom. The van der Waals surface area contributed by atoms with Crippen molar-refractivity contribution in [2.45, 2.75) is 20.0 Å². The maximum Gasteiger partial charge on any atom is 0.258 e. The molecular formula is C24H26BrN3O3. The summed E-state index contributed by atoms with van der Waals surface area (Å²) in [5, 5.41) is 2.86. The molecule has 31 heavy (non-hydrogen) atoms. The highest BCUT2D eigenvalue weighted by atomic mass is 79.9. The van der Waals surface area contributed by atoms with E-state index in [4.69, 9.17) is 9.47 Å². The van der Waals surface area contributed by atoms with Crippen molar-refractivity contribution in [3.05, 3.63) is 88.4 Å². The zero-order valence-corrected chi connectivity index (χ0v) is 18.9. The molecule has 3 aromatic rings. The van der Waals surface area contributed by atoms with Gasteiger partial charge in [-0.3, -0.25) is 4.79 Å². The highest BCUT2D eigenvalue weighted by Gasteiger charge is 2.13. The minimum atomic E-state index is -0.194. The highest BCUT2D eigenvalue weighted by Crippen LogP contribution is 2.34. The van der Waals surface area contributed by atoms with E-state index in [-0.39, 0.29) is 12.5 Å². The molecule has 0 saturated heterocycles. The molecule has 162 valence electrons. The second-order valence-corrected chi connectivity index (χ2v) is 7.57. The van der Waals surface area contributed by atoms with Crippen LogP contribution >= 0.6 is 15.9 Å². The third-order valence-electron chi connectivity index (χ3n) is 4.39. The lowest BCUT2D eigenvalue weighted by Gasteiger charge is -2.16. The van der Waals surface area contributed by atoms with E-state index in [2.05, 4.69) is 32.1 Å². The summed E-state index contributed by atoms with van der Waals surface area (Å²) in [4.78, 5) is 12.2. The lowest BCUT2D eigenvalue weighted by Crippen LogP contribution is -2.28. The van der Waals surface area contributed by atoms with Crippen LogP contribution in [-0.4, -0.2) is 19.1 Å². The van der Waals surface area contributed by atoms with Crippen LogP contribution in [0, 0.1) is 0 Å². The molecule has 7 heteroatoms. The van der Waals surface area contributed by atoms with Crippen LogP contribution in [0.5, 0.6) is 11.5 Å². The van der Waals surface area contributed by atoms with E-state index in [0.717, 1.165) is 21.3 Å². The van der Waals surface area contributed by atoms with E-state index in [0.29, 0.717) is 31.2 Å². The standard InChI is InChI=1S/C24H26BrN3O3/c1-2-30-22-13-19(16-27-28-20-11-7-4-8-12-20)21(25)14-23(22)31-17-24(29)26-15-18-9-5-3-6-10-18/h3-14,27-28H,2,15-17H2,1H3,(H,26,29). The van der Waals surface area contributed by atoms with Crippen LogP contribution in [0.25, 0.3) is 0 Å². The molecule has 0 fully saturated rings. The van der Waals surface area contributed by atoms with Gasteiger partial charge in [-0.1, -0.05) is 64.5 Å². The van der Waals surface area contributed by atoms with Gasteiger partial charge < -0.3 is 20.2 Å². The summed E-state index contributed by atoms with van der Waals surface area (Å²) in [6, 6.07) is 23.3. The molecule has 0 unspecified atom stereocenters. The number of benzene rings is 3. The first-order valence-corrected chi connectivity index (χ1v) is 10.9. The van der Waals surface area contributed by atoms with Gasteiger partial charge in [-0.2, -0.15) is 0 Å². The molecule has 3 aromatic carbocycles. The van der Waals surface area contributed by atoms with Gasteiger partial charge in [0.2, 0.25) is 0 Å². The maximum atomic E-state index is 12.2. The Kier molecular flexibility index (Phi) is 8.75. The molecule has 3 N–H and O–H groups in total. The van der Waals surface area contributed by atoms with Crippen LogP contribution in [-0.2, 0) is 17.9 Å². The predicted molar refractivity (Wildman–Crippen MR) is 126 cm³/mol. The van der Waals surface area contributed by atoms with Gasteiger partial charge in [0.25, 0.3) is 5.91 Å². The Morgan fingerprint density at radius 1 is 0.903 bits per heavy atom. The Bertz CT molecular complexity index is 969. The average molecular weight is 484 g/mol. The quantitative estimate of drug-likeness (QED) is 0.346. The molecule has 0 radical (unpaired) electrons. The van der Waals surface area contributed by atoms with E-state index in [1.807, 2.05) is 79.7 Å². The van der Waals surface area contributed by atoms with Crippen molar-refractivity contribution in [2.24, 2.45) is 0 Å². The molecule has 0 bridgehead atoms. The molecule has 0 saturated carbocycles. The van der Waals surface area contributed by atoms with Crippen LogP contribution in [0.1, 0.15) is 18.1 Å². The van der Waals surface area contributed by atoms with Gasteiger partial charge in [-0.15, -0.1) is 0 Å². The number of hydrazine groups is 1. The molecule has 0 aromatic heterocycles. The van der Waals surface area contributed by atoms with Gasteiger partial charge in [-0.05, 0) is 42.3 Å². The van der Waals surface area contributed by atoms with E-state index in [1.54, 1.807) is 0 Å². The second-order valence-electron chi connectivity index (χ2n) is 6.72. The molecule has 6 nitrogen and oxygen atoms in total. The van der Waals surface area contributed by atoms with E-state index in [1.165, 1.54) is 0 Å². The zero-order chi connectivity index (χ0) is 21.9. The van der Waals surface area contributed by atoms with Crippen molar-refractivity contribution < 1.29 is 14.3 Å². The van der Waals surface area contributed by atoms with Gasteiger partial charge in [0, 0.05) is 23.2 Å². The van der Waals surface area contributed by atoms with E-state index in [9.17, 15) is 4.79 Å². The van der Waals surface area contributed by atoms with Gasteiger partial charge >= 0.3 is 0 Å². The van der Waals surface area contributed by atoms with Crippen molar-refractivity contribution in [1.82, 2.24) is 10.7 Å². The lowest BCUT2D eigenvalue weighted by atomic mass is 10.2. The number of halogens is 1. The number of ether oxygens (including phenoxy) is 2. The number of hydrogen-bond donors (Lipinski definition) is 3. The van der Waals surface area contributed by atoms with Gasteiger partial charge in [0.1, 0.15) is 0 Å². The molecule has 0 aliphatic rings. The number of nitrogens with one attached hydrogen (secondary N) is 3. The molecule has 3 rings (SSSR count). The first kappa shape index (κ1) is 22.7. The summed E-state index contributed by atoms with van der Waals surface area (Å²) >= 11 is 3.58. The van der Waals surface area contributed by atoms with E-state index < -0.39 is 0 Å². The average Bonchev–Trinajstić information content (AvgIpc) is 2.80. The number of carbonyl (C=O) groups excluding carboxylic acids is 1. The van der Waals surface area contributed by atoms with Crippen LogP contribution < -0.4 is 25.6 Å². The number of amides is 1. The Labute approximate surface area is 191 Å². The summed E-state index contributed by atoms with van der Waals surface area (Å²) in [6.45, 7) is 3.34. The number of rotatable bonds is 11. The smallest absolute Gasteiger partial charge is 0.258 e. The third-order valence-corrected chi connectivity index (χ3v) is 5.13. The predicted octanol–water partition coefficient (Wildman–Crippen LogP) is 4.66. The fraction of sp³-hybridized carbons (Fsp3) is 0.208. The summed E-state index contributed by atoms with van der Waals surface area (Å²) < 4.78 is 12.3. The minimum absolute atomic E-state index is 0.0908. The summed E-state index contributed by atoms with van der Waals surface area (Å²) in [6.07, 6.45) is 0. The summed E-state index contributed by atoms with van der Waals surface area (Å²) in [5.74, 6) is 0.918. The fourth-order valence-corrected chi connectivity index (χ4v) is 3.31. The Hall–Kier alpha value is -3.03. The molecule has 0 aliphatic carbocycles. The van der Waals surface area contributed by atoms with Crippen molar-refractivity contribution in [1.29, 1.82) is 0 Å².